The number of hydrogen-bond acceptors (Lipinski definition) is 3. The van der Waals surface area contributed by atoms with Gasteiger partial charge in [0.15, 0.2) is 0 Å². The predicted molar refractivity (Wildman–Crippen MR) is 98.7 cm³/mol. The van der Waals surface area contributed by atoms with Crippen molar-refractivity contribution in [2.75, 3.05) is 6.54 Å². The van der Waals surface area contributed by atoms with E-state index in [9.17, 15) is 4.79 Å². The van der Waals surface area contributed by atoms with Crippen molar-refractivity contribution >= 4 is 49.8 Å². The lowest BCUT2D eigenvalue weighted by molar-refractivity contribution is 0.0956. The highest BCUT2D eigenvalue weighted by Crippen LogP contribution is 2.36. The third-order valence-electron chi connectivity index (χ3n) is 3.80. The van der Waals surface area contributed by atoms with Crippen LogP contribution < -0.4 is 5.32 Å². The number of aryl methyl sites for hydroxylation is 1. The van der Waals surface area contributed by atoms with E-state index in [1.807, 2.05) is 25.1 Å². The first kappa shape index (κ1) is 16.2. The van der Waals surface area contributed by atoms with E-state index in [0.29, 0.717) is 22.5 Å². The van der Waals surface area contributed by atoms with Gasteiger partial charge in [-0.25, -0.2) is 4.98 Å². The molecule has 0 unspecified atom stereocenters. The Kier molecular flexibility index (Phi) is 4.55. The fourth-order valence-electron chi connectivity index (χ4n) is 2.51. The van der Waals surface area contributed by atoms with Crippen LogP contribution in [-0.4, -0.2) is 17.4 Å². The number of rotatable bonds is 4. The van der Waals surface area contributed by atoms with Gasteiger partial charge in [-0.2, -0.15) is 0 Å². The van der Waals surface area contributed by atoms with Gasteiger partial charge in [0.25, 0.3) is 5.91 Å². The lowest BCUT2D eigenvalue weighted by atomic mass is 10.1. The second-order valence-electron chi connectivity index (χ2n) is 6.22. The average molecular weight is 347 g/mol. The molecule has 0 aliphatic carbocycles. The molecule has 0 radical (unpaired) electrons. The molecule has 1 N–H and O–H groups in total. The molecule has 5 heteroatoms. The average Bonchev–Trinajstić information content (AvgIpc) is 2.94. The molecule has 23 heavy (non-hydrogen) atoms. The zero-order valence-corrected chi connectivity index (χ0v) is 15.0. The zero-order chi connectivity index (χ0) is 16.6. The molecule has 3 nitrogen and oxygen atoms in total. The van der Waals surface area contributed by atoms with E-state index in [2.05, 4.69) is 30.2 Å². The summed E-state index contributed by atoms with van der Waals surface area (Å²) in [6, 6.07) is 7.93. The molecule has 3 rings (SSSR count). The molecular weight excluding hydrogens is 328 g/mol. The summed E-state index contributed by atoms with van der Waals surface area (Å²) >= 11 is 7.78. The van der Waals surface area contributed by atoms with Crippen molar-refractivity contribution in [3.63, 3.8) is 0 Å². The van der Waals surface area contributed by atoms with E-state index in [-0.39, 0.29) is 5.91 Å². The van der Waals surface area contributed by atoms with Crippen LogP contribution in [0.25, 0.3) is 21.0 Å². The Labute approximate surface area is 144 Å². The summed E-state index contributed by atoms with van der Waals surface area (Å²) in [5.41, 5.74) is 2.03. The highest BCUT2D eigenvalue weighted by Gasteiger charge is 2.15. The first-order valence-electron chi connectivity index (χ1n) is 7.73. The van der Waals surface area contributed by atoms with Crippen molar-refractivity contribution < 1.29 is 4.79 Å². The number of benzene rings is 1. The number of thiophene rings is 1. The van der Waals surface area contributed by atoms with Crippen LogP contribution in [0.2, 0.25) is 5.15 Å². The molecule has 0 spiro atoms. The summed E-state index contributed by atoms with van der Waals surface area (Å²) < 4.78 is 1.03. The van der Waals surface area contributed by atoms with Crippen LogP contribution in [0.4, 0.5) is 0 Å². The normalized spacial score (nSPS) is 11.5. The minimum Gasteiger partial charge on any atom is -0.351 e. The van der Waals surface area contributed by atoms with Gasteiger partial charge in [0.2, 0.25) is 0 Å². The fraction of sp³-hybridized carbons (Fsp3) is 0.333. The molecule has 0 bridgehead atoms. The number of amides is 1. The minimum absolute atomic E-state index is 0.0382. The third-order valence-corrected chi connectivity index (χ3v) is 5.26. The molecule has 2 aromatic heterocycles. The summed E-state index contributed by atoms with van der Waals surface area (Å²) in [4.78, 5) is 17.5. The first-order valence-corrected chi connectivity index (χ1v) is 8.92. The molecule has 2 heterocycles. The number of hydrogen-bond donors (Lipinski definition) is 1. The van der Waals surface area contributed by atoms with Crippen molar-refractivity contribution in [3.8, 4) is 0 Å². The Balaban J connectivity index is 2.00. The number of halogens is 1. The minimum atomic E-state index is -0.0382. The number of carbonyl (C=O) groups is 1. The van der Waals surface area contributed by atoms with Gasteiger partial charge in [-0.15, -0.1) is 11.3 Å². The van der Waals surface area contributed by atoms with E-state index in [1.165, 1.54) is 16.9 Å². The van der Waals surface area contributed by atoms with Crippen LogP contribution in [-0.2, 0) is 0 Å². The quantitative estimate of drug-likeness (QED) is 0.661. The Morgan fingerprint density at radius 3 is 2.83 bits per heavy atom. The molecule has 0 fully saturated rings. The first-order chi connectivity index (χ1) is 11.0. The smallest absolute Gasteiger partial charge is 0.261 e. The van der Waals surface area contributed by atoms with Crippen LogP contribution in [0.15, 0.2) is 24.3 Å². The van der Waals surface area contributed by atoms with Crippen molar-refractivity contribution in [2.24, 2.45) is 5.92 Å². The summed E-state index contributed by atoms with van der Waals surface area (Å²) in [7, 11) is 0. The molecule has 0 aliphatic rings. The fourth-order valence-corrected chi connectivity index (χ4v) is 3.91. The number of nitrogens with zero attached hydrogens (tertiary/aromatic N) is 1. The molecule has 0 saturated carbocycles. The van der Waals surface area contributed by atoms with Gasteiger partial charge in [-0.1, -0.05) is 37.1 Å². The second-order valence-corrected chi connectivity index (χ2v) is 7.63. The van der Waals surface area contributed by atoms with Gasteiger partial charge in [0, 0.05) is 22.0 Å². The number of aromatic nitrogens is 1. The third kappa shape index (κ3) is 3.33. The summed E-state index contributed by atoms with van der Waals surface area (Å²) in [6.45, 7) is 7.03. The monoisotopic (exact) mass is 346 g/mol. The number of nitrogens with one attached hydrogen (secondary N) is 1. The summed E-state index contributed by atoms with van der Waals surface area (Å²) in [5, 5.41) is 5.33. The van der Waals surface area contributed by atoms with Gasteiger partial charge < -0.3 is 5.32 Å². The number of fused-ring (bicyclic) bond motifs is 3. The van der Waals surface area contributed by atoms with Gasteiger partial charge in [-0.3, -0.25) is 4.79 Å². The highest BCUT2D eigenvalue weighted by atomic mass is 35.5. The SMILES string of the molecule is Cc1ccc2nc(Cl)c3cc(C(=O)NCCC(C)C)sc3c2c1. The molecule has 0 saturated heterocycles. The van der Waals surface area contributed by atoms with Gasteiger partial charge in [0.05, 0.1) is 10.4 Å². The Morgan fingerprint density at radius 1 is 1.30 bits per heavy atom. The highest BCUT2D eigenvalue weighted by molar-refractivity contribution is 7.21. The van der Waals surface area contributed by atoms with E-state index < -0.39 is 0 Å². The Morgan fingerprint density at radius 2 is 2.09 bits per heavy atom. The predicted octanol–water partition coefficient (Wildman–Crippen LogP) is 5.19. The standard InChI is InChI=1S/C18H19ClN2OS/c1-10(2)6-7-20-18(22)15-9-13-16(23-15)12-8-11(3)4-5-14(12)21-17(13)19/h4-5,8-10H,6-7H2,1-3H3,(H,20,22). The molecule has 1 aromatic carbocycles. The molecule has 3 aromatic rings. The van der Waals surface area contributed by atoms with Crippen molar-refractivity contribution in [3.05, 3.63) is 39.9 Å². The van der Waals surface area contributed by atoms with Crippen LogP contribution >= 0.6 is 22.9 Å². The van der Waals surface area contributed by atoms with Crippen LogP contribution in [0.1, 0.15) is 35.5 Å². The molecule has 1 amide bonds. The maximum absolute atomic E-state index is 12.3. The van der Waals surface area contributed by atoms with Crippen LogP contribution in [0.3, 0.4) is 0 Å². The van der Waals surface area contributed by atoms with Gasteiger partial charge in [-0.05, 0) is 37.5 Å². The van der Waals surface area contributed by atoms with Crippen LogP contribution in [0, 0.1) is 12.8 Å². The topological polar surface area (TPSA) is 42.0 Å². The second kappa shape index (κ2) is 6.46. The largest absolute Gasteiger partial charge is 0.351 e. The van der Waals surface area contributed by atoms with E-state index in [4.69, 9.17) is 11.6 Å². The summed E-state index contributed by atoms with van der Waals surface area (Å²) in [6.07, 6.45) is 0.973. The molecular formula is C18H19ClN2OS. The zero-order valence-electron chi connectivity index (χ0n) is 13.4. The van der Waals surface area contributed by atoms with Crippen LogP contribution in [0.5, 0.6) is 0 Å². The number of pyridine rings is 1. The Bertz CT molecular complexity index is 885. The van der Waals surface area contributed by atoms with Crippen molar-refractivity contribution in [1.29, 1.82) is 0 Å². The maximum Gasteiger partial charge on any atom is 0.261 e. The summed E-state index contributed by atoms with van der Waals surface area (Å²) in [5.74, 6) is 0.534. The molecule has 0 atom stereocenters. The molecule has 0 aliphatic heterocycles. The van der Waals surface area contributed by atoms with E-state index >= 15 is 0 Å². The van der Waals surface area contributed by atoms with Crippen molar-refractivity contribution in [1.82, 2.24) is 10.3 Å². The molecule has 120 valence electrons. The van der Waals surface area contributed by atoms with E-state index in [1.54, 1.807) is 0 Å². The van der Waals surface area contributed by atoms with Gasteiger partial charge in [0.1, 0.15) is 5.15 Å². The van der Waals surface area contributed by atoms with Gasteiger partial charge >= 0.3 is 0 Å². The van der Waals surface area contributed by atoms with E-state index in [0.717, 1.165) is 27.4 Å². The maximum atomic E-state index is 12.3. The van der Waals surface area contributed by atoms with Crippen molar-refractivity contribution in [2.45, 2.75) is 27.2 Å². The lowest BCUT2D eigenvalue weighted by Crippen LogP contribution is -2.24. The number of carbonyl (C=O) groups excluding carboxylic acids is 1. The Hall–Kier alpha value is -1.65. The lowest BCUT2D eigenvalue weighted by Gasteiger charge is -2.05.